The van der Waals surface area contributed by atoms with Gasteiger partial charge < -0.3 is 0 Å². The van der Waals surface area contributed by atoms with Gasteiger partial charge in [0.1, 0.15) is 0 Å². The predicted octanol–water partition coefficient (Wildman–Crippen LogP) is 3.55. The Morgan fingerprint density at radius 2 is 1.87 bits per heavy atom. The monoisotopic (exact) mass is 242 g/mol. The Balaban J connectivity index is 2.00. The van der Waals surface area contributed by atoms with Gasteiger partial charge in [-0.05, 0) is 42.9 Å². The number of hydrogen-bond acceptors (Lipinski definition) is 0. The summed E-state index contributed by atoms with van der Waals surface area (Å²) in [7, 11) is 0. The van der Waals surface area contributed by atoms with Crippen LogP contribution in [0.25, 0.3) is 0 Å². The first kappa shape index (κ1) is 11.3. The van der Waals surface area contributed by atoms with Crippen molar-refractivity contribution in [2.45, 2.75) is 19.3 Å². The molecule has 0 aliphatic carbocycles. The van der Waals surface area contributed by atoms with Gasteiger partial charge in [0.25, 0.3) is 0 Å². The van der Waals surface area contributed by atoms with E-state index < -0.39 is 0 Å². The predicted molar refractivity (Wildman–Crippen MR) is 64.8 cm³/mol. The van der Waals surface area contributed by atoms with Crippen LogP contribution in [-0.4, -0.2) is 13.1 Å². The summed E-state index contributed by atoms with van der Waals surface area (Å²) in [5, 5.41) is 5.65. The lowest BCUT2D eigenvalue weighted by Gasteiger charge is -2.21. The van der Waals surface area contributed by atoms with Crippen molar-refractivity contribution < 1.29 is 0 Å². The van der Waals surface area contributed by atoms with Gasteiger partial charge in [-0.1, -0.05) is 29.3 Å². The highest BCUT2D eigenvalue weighted by Crippen LogP contribution is 2.25. The first-order valence-corrected chi connectivity index (χ1v) is 6.08. The Hall–Kier alpha value is -0.240. The van der Waals surface area contributed by atoms with Gasteiger partial charge in [-0.25, -0.2) is 5.32 Å². The highest BCUT2D eigenvalue weighted by molar-refractivity contribution is 6.42. The molecule has 1 aliphatic rings. The van der Waals surface area contributed by atoms with Gasteiger partial charge in [-0.2, -0.15) is 0 Å². The van der Waals surface area contributed by atoms with Crippen molar-refractivity contribution in [3.8, 4) is 0 Å². The number of rotatable bonds is 2. The van der Waals surface area contributed by atoms with Gasteiger partial charge in [0.05, 0.1) is 10.0 Å². The third-order valence-electron chi connectivity index (χ3n) is 2.90. The third kappa shape index (κ3) is 3.10. The molecule has 1 fully saturated rings. The van der Waals surface area contributed by atoms with Crippen LogP contribution in [-0.2, 0) is 6.42 Å². The van der Waals surface area contributed by atoms with Gasteiger partial charge in [0.2, 0.25) is 0 Å². The minimum Gasteiger partial charge on any atom is -0.242 e. The van der Waals surface area contributed by atoms with Gasteiger partial charge in [-0.3, -0.25) is 0 Å². The molecule has 1 heterocycles. The molecule has 1 radical (unpaired) electrons. The molecule has 0 amide bonds. The fourth-order valence-corrected chi connectivity index (χ4v) is 2.33. The van der Waals surface area contributed by atoms with E-state index in [-0.39, 0.29) is 0 Å². The average Bonchev–Trinajstić information content (AvgIpc) is 2.25. The quantitative estimate of drug-likeness (QED) is 0.754. The van der Waals surface area contributed by atoms with Crippen LogP contribution in [0.2, 0.25) is 10.0 Å². The van der Waals surface area contributed by atoms with E-state index in [0.29, 0.717) is 10.0 Å². The van der Waals surface area contributed by atoms with Crippen molar-refractivity contribution in [1.29, 1.82) is 0 Å². The number of halogens is 2. The molecule has 0 bridgehead atoms. The van der Waals surface area contributed by atoms with Gasteiger partial charge in [0, 0.05) is 13.1 Å². The zero-order chi connectivity index (χ0) is 10.7. The normalized spacial score (nSPS) is 18.0. The van der Waals surface area contributed by atoms with Crippen LogP contribution in [0.5, 0.6) is 0 Å². The SMILES string of the molecule is Clc1ccc(CC2CC[N]CC2)cc1Cl. The zero-order valence-electron chi connectivity index (χ0n) is 8.55. The van der Waals surface area contributed by atoms with E-state index in [1.807, 2.05) is 12.1 Å². The molecular weight excluding hydrogens is 229 g/mol. The number of benzene rings is 1. The molecule has 3 heteroatoms. The Bertz CT molecular complexity index is 332. The molecule has 15 heavy (non-hydrogen) atoms. The van der Waals surface area contributed by atoms with Crippen LogP contribution >= 0.6 is 23.2 Å². The summed E-state index contributed by atoms with van der Waals surface area (Å²) in [5.41, 5.74) is 1.29. The highest BCUT2D eigenvalue weighted by atomic mass is 35.5. The Morgan fingerprint density at radius 3 is 2.53 bits per heavy atom. The molecule has 1 aliphatic heterocycles. The number of nitrogens with zero attached hydrogens (tertiary/aromatic N) is 1. The lowest BCUT2D eigenvalue weighted by Crippen LogP contribution is -2.23. The Kier molecular flexibility index (Phi) is 3.90. The average molecular weight is 243 g/mol. The smallest absolute Gasteiger partial charge is 0.0595 e. The second kappa shape index (κ2) is 5.20. The van der Waals surface area contributed by atoms with Gasteiger partial charge >= 0.3 is 0 Å². The molecule has 0 aromatic heterocycles. The summed E-state index contributed by atoms with van der Waals surface area (Å²) in [4.78, 5) is 0. The molecule has 1 nitrogen and oxygen atoms in total. The van der Waals surface area contributed by atoms with E-state index in [1.165, 1.54) is 18.4 Å². The fraction of sp³-hybridized carbons (Fsp3) is 0.500. The molecule has 1 saturated heterocycles. The lowest BCUT2D eigenvalue weighted by molar-refractivity contribution is 0.368. The summed E-state index contributed by atoms with van der Waals surface area (Å²) in [5.74, 6) is 0.764. The summed E-state index contributed by atoms with van der Waals surface area (Å²) in [6.45, 7) is 2.04. The van der Waals surface area contributed by atoms with Crippen molar-refractivity contribution >= 4 is 23.2 Å². The maximum absolute atomic E-state index is 5.98. The Labute approximate surface area is 101 Å². The van der Waals surface area contributed by atoms with E-state index >= 15 is 0 Å². The van der Waals surface area contributed by atoms with E-state index in [4.69, 9.17) is 23.2 Å². The topological polar surface area (TPSA) is 14.1 Å². The first-order valence-electron chi connectivity index (χ1n) is 5.33. The first-order chi connectivity index (χ1) is 7.25. The fourth-order valence-electron chi connectivity index (χ4n) is 2.01. The van der Waals surface area contributed by atoms with Crippen LogP contribution in [0.1, 0.15) is 18.4 Å². The summed E-state index contributed by atoms with van der Waals surface area (Å²) in [6, 6.07) is 5.93. The van der Waals surface area contributed by atoms with Crippen molar-refractivity contribution in [1.82, 2.24) is 5.32 Å². The van der Waals surface area contributed by atoms with Gasteiger partial charge in [-0.15, -0.1) is 0 Å². The third-order valence-corrected chi connectivity index (χ3v) is 3.64. The van der Waals surface area contributed by atoms with E-state index in [1.54, 1.807) is 0 Å². The second-order valence-electron chi connectivity index (χ2n) is 4.07. The van der Waals surface area contributed by atoms with Crippen molar-refractivity contribution in [2.75, 3.05) is 13.1 Å². The molecule has 1 aromatic carbocycles. The molecule has 0 saturated carbocycles. The zero-order valence-corrected chi connectivity index (χ0v) is 10.1. The molecule has 2 rings (SSSR count). The molecule has 0 unspecified atom stereocenters. The van der Waals surface area contributed by atoms with E-state index in [0.717, 1.165) is 25.4 Å². The van der Waals surface area contributed by atoms with E-state index in [2.05, 4.69) is 11.4 Å². The molecule has 1 aromatic rings. The molecule has 81 valence electrons. The molecule has 0 N–H and O–H groups in total. The van der Waals surface area contributed by atoms with Crippen LogP contribution in [0.15, 0.2) is 18.2 Å². The van der Waals surface area contributed by atoms with E-state index in [9.17, 15) is 0 Å². The highest BCUT2D eigenvalue weighted by Gasteiger charge is 2.14. The summed E-state index contributed by atoms with van der Waals surface area (Å²) >= 11 is 11.9. The lowest BCUT2D eigenvalue weighted by atomic mass is 9.91. The molecular formula is C12H14Cl2N. The van der Waals surface area contributed by atoms with Gasteiger partial charge in [0.15, 0.2) is 0 Å². The minimum atomic E-state index is 0.638. The number of piperidine rings is 1. The van der Waals surface area contributed by atoms with Crippen molar-refractivity contribution in [3.63, 3.8) is 0 Å². The largest absolute Gasteiger partial charge is 0.242 e. The van der Waals surface area contributed by atoms with Crippen molar-refractivity contribution in [2.24, 2.45) is 5.92 Å². The molecule has 0 spiro atoms. The maximum Gasteiger partial charge on any atom is 0.0595 e. The van der Waals surface area contributed by atoms with Crippen LogP contribution in [0, 0.1) is 5.92 Å². The summed E-state index contributed by atoms with van der Waals surface area (Å²) < 4.78 is 0. The summed E-state index contributed by atoms with van der Waals surface area (Å²) in [6.07, 6.45) is 3.52. The minimum absolute atomic E-state index is 0.638. The van der Waals surface area contributed by atoms with Crippen LogP contribution in [0.3, 0.4) is 0 Å². The van der Waals surface area contributed by atoms with Crippen molar-refractivity contribution in [3.05, 3.63) is 33.8 Å². The number of hydrogen-bond donors (Lipinski definition) is 0. The Morgan fingerprint density at radius 1 is 1.13 bits per heavy atom. The molecule has 0 atom stereocenters. The maximum atomic E-state index is 5.98. The van der Waals surface area contributed by atoms with Crippen LogP contribution < -0.4 is 5.32 Å². The van der Waals surface area contributed by atoms with Crippen LogP contribution in [0.4, 0.5) is 0 Å². The second-order valence-corrected chi connectivity index (χ2v) is 4.88. The standard InChI is InChI=1S/C12H14Cl2N/c13-11-2-1-10(8-12(11)14)7-9-3-5-15-6-4-9/h1-2,8-9H,3-7H2.